The van der Waals surface area contributed by atoms with Gasteiger partial charge in [0.1, 0.15) is 6.33 Å². The van der Waals surface area contributed by atoms with Gasteiger partial charge in [0.25, 0.3) is 0 Å². The Morgan fingerprint density at radius 2 is 2.33 bits per heavy atom. The molecule has 15 heavy (non-hydrogen) atoms. The van der Waals surface area contributed by atoms with E-state index in [-0.39, 0.29) is 5.54 Å². The van der Waals surface area contributed by atoms with Gasteiger partial charge in [-0.05, 0) is 13.8 Å². The van der Waals surface area contributed by atoms with Gasteiger partial charge in [0.05, 0.1) is 30.6 Å². The van der Waals surface area contributed by atoms with Crippen molar-refractivity contribution >= 4 is 11.5 Å². The lowest BCUT2D eigenvalue weighted by atomic mass is 10.0. The molecule has 0 aliphatic carbocycles. The third-order valence-corrected chi connectivity index (χ3v) is 2.62. The Morgan fingerprint density at radius 3 is 3.00 bits per heavy atom. The zero-order chi connectivity index (χ0) is 10.9. The van der Waals surface area contributed by atoms with E-state index in [0.29, 0.717) is 18.9 Å². The molecule has 1 fully saturated rings. The molecule has 0 aromatic carbocycles. The molecule has 0 bridgehead atoms. The van der Waals surface area contributed by atoms with Crippen LogP contribution in [0.4, 0.5) is 11.5 Å². The summed E-state index contributed by atoms with van der Waals surface area (Å²) in [5.41, 5.74) is 6.41. The van der Waals surface area contributed by atoms with Gasteiger partial charge in [0.2, 0.25) is 0 Å². The van der Waals surface area contributed by atoms with Crippen LogP contribution in [0, 0.1) is 0 Å². The minimum Gasteiger partial charge on any atom is -0.394 e. The topological polar surface area (TPSA) is 64.3 Å². The summed E-state index contributed by atoms with van der Waals surface area (Å²) < 4.78 is 5.45. The molecule has 1 aliphatic heterocycles. The first-order chi connectivity index (χ1) is 7.11. The average molecular weight is 208 g/mol. The number of nitrogen functional groups attached to an aromatic ring is 1. The van der Waals surface area contributed by atoms with Gasteiger partial charge >= 0.3 is 0 Å². The highest BCUT2D eigenvalue weighted by atomic mass is 16.5. The Bertz CT molecular complexity index is 353. The van der Waals surface area contributed by atoms with Gasteiger partial charge in [-0.3, -0.25) is 0 Å². The summed E-state index contributed by atoms with van der Waals surface area (Å²) in [7, 11) is 0. The summed E-state index contributed by atoms with van der Waals surface area (Å²) >= 11 is 0. The summed E-state index contributed by atoms with van der Waals surface area (Å²) in [6.07, 6.45) is 3.16. The van der Waals surface area contributed by atoms with Crippen molar-refractivity contribution in [3.05, 3.63) is 12.5 Å². The van der Waals surface area contributed by atoms with Gasteiger partial charge in [-0.15, -0.1) is 0 Å². The van der Waals surface area contributed by atoms with Crippen LogP contribution in [0.15, 0.2) is 12.5 Å². The first-order valence-corrected chi connectivity index (χ1v) is 5.02. The lowest BCUT2D eigenvalue weighted by Gasteiger charge is -2.43. The van der Waals surface area contributed by atoms with Crippen molar-refractivity contribution in [1.29, 1.82) is 0 Å². The van der Waals surface area contributed by atoms with Crippen LogP contribution in [0.1, 0.15) is 13.8 Å². The van der Waals surface area contributed by atoms with Crippen LogP contribution in [0.25, 0.3) is 0 Å². The summed E-state index contributed by atoms with van der Waals surface area (Å²) in [4.78, 5) is 10.3. The second-order valence-electron chi connectivity index (χ2n) is 4.32. The second kappa shape index (κ2) is 3.66. The Morgan fingerprint density at radius 1 is 1.53 bits per heavy atom. The van der Waals surface area contributed by atoms with E-state index in [0.717, 1.165) is 12.4 Å². The van der Waals surface area contributed by atoms with E-state index >= 15 is 0 Å². The van der Waals surface area contributed by atoms with E-state index in [1.54, 1.807) is 6.20 Å². The largest absolute Gasteiger partial charge is 0.394 e. The van der Waals surface area contributed by atoms with Crippen molar-refractivity contribution in [3.63, 3.8) is 0 Å². The van der Waals surface area contributed by atoms with E-state index in [9.17, 15) is 0 Å². The lowest BCUT2D eigenvalue weighted by molar-refractivity contribution is 0.0640. The number of anilines is 2. The summed E-state index contributed by atoms with van der Waals surface area (Å²) in [5, 5.41) is 0. The molecule has 0 unspecified atom stereocenters. The number of rotatable bonds is 1. The summed E-state index contributed by atoms with van der Waals surface area (Å²) in [6.45, 7) is 6.46. The molecule has 0 saturated carbocycles. The highest BCUT2D eigenvalue weighted by Gasteiger charge is 2.32. The molecular weight excluding hydrogens is 192 g/mol. The molecule has 0 amide bonds. The third-order valence-electron chi connectivity index (χ3n) is 2.62. The zero-order valence-electron chi connectivity index (χ0n) is 9.10. The maximum Gasteiger partial charge on any atom is 0.155 e. The fourth-order valence-corrected chi connectivity index (χ4v) is 1.81. The van der Waals surface area contributed by atoms with Crippen molar-refractivity contribution < 1.29 is 4.74 Å². The third kappa shape index (κ3) is 1.87. The Balaban J connectivity index is 2.33. The minimum atomic E-state index is -0.0687. The number of aromatic nitrogens is 2. The van der Waals surface area contributed by atoms with Gasteiger partial charge < -0.3 is 15.4 Å². The van der Waals surface area contributed by atoms with E-state index in [1.807, 2.05) is 0 Å². The lowest BCUT2D eigenvalue weighted by Crippen LogP contribution is -2.53. The predicted octanol–water partition coefficient (Wildman–Crippen LogP) is 0.674. The molecule has 5 heteroatoms. The van der Waals surface area contributed by atoms with Crippen molar-refractivity contribution in [3.8, 4) is 0 Å². The molecule has 0 radical (unpaired) electrons. The van der Waals surface area contributed by atoms with Crippen molar-refractivity contribution in [2.24, 2.45) is 0 Å². The van der Waals surface area contributed by atoms with Crippen LogP contribution in [-0.4, -0.2) is 35.3 Å². The highest BCUT2D eigenvalue weighted by Crippen LogP contribution is 2.28. The number of ether oxygens (including phenoxy) is 1. The molecule has 1 aromatic heterocycles. The van der Waals surface area contributed by atoms with Crippen LogP contribution < -0.4 is 10.6 Å². The quantitative estimate of drug-likeness (QED) is 0.735. The van der Waals surface area contributed by atoms with Gasteiger partial charge in [0.15, 0.2) is 5.82 Å². The molecule has 1 aliphatic rings. The van der Waals surface area contributed by atoms with Crippen LogP contribution in [0.5, 0.6) is 0 Å². The maximum absolute atomic E-state index is 5.87. The SMILES string of the molecule is CC1(C)COCCN1c1ncncc1N. The van der Waals surface area contributed by atoms with Crippen LogP contribution in [-0.2, 0) is 4.74 Å². The fourth-order valence-electron chi connectivity index (χ4n) is 1.81. The minimum absolute atomic E-state index is 0.0687. The van der Waals surface area contributed by atoms with E-state index < -0.39 is 0 Å². The van der Waals surface area contributed by atoms with Gasteiger partial charge in [-0.1, -0.05) is 0 Å². The van der Waals surface area contributed by atoms with Gasteiger partial charge in [0, 0.05) is 6.54 Å². The van der Waals surface area contributed by atoms with Gasteiger partial charge in [-0.2, -0.15) is 0 Å². The number of hydrogen-bond donors (Lipinski definition) is 1. The van der Waals surface area contributed by atoms with E-state index in [1.165, 1.54) is 6.33 Å². The van der Waals surface area contributed by atoms with Crippen molar-refractivity contribution in [2.75, 3.05) is 30.4 Å². The summed E-state index contributed by atoms with van der Waals surface area (Å²) in [6, 6.07) is 0. The molecule has 82 valence electrons. The monoisotopic (exact) mass is 208 g/mol. The van der Waals surface area contributed by atoms with Gasteiger partial charge in [-0.25, -0.2) is 9.97 Å². The molecule has 1 saturated heterocycles. The Hall–Kier alpha value is -1.36. The Labute approximate surface area is 89.3 Å². The maximum atomic E-state index is 5.87. The van der Waals surface area contributed by atoms with Crippen LogP contribution in [0.3, 0.4) is 0 Å². The first kappa shape index (κ1) is 10.2. The standard InChI is InChI=1S/C10H16N4O/c1-10(2)6-15-4-3-14(10)9-8(11)5-12-7-13-9/h5,7H,3-4,6,11H2,1-2H3. The molecule has 2 heterocycles. The molecule has 2 N–H and O–H groups in total. The molecule has 0 atom stereocenters. The number of hydrogen-bond acceptors (Lipinski definition) is 5. The first-order valence-electron chi connectivity index (χ1n) is 5.02. The van der Waals surface area contributed by atoms with E-state index in [2.05, 4.69) is 28.7 Å². The molecule has 2 rings (SSSR count). The summed E-state index contributed by atoms with van der Waals surface area (Å²) in [5.74, 6) is 0.804. The zero-order valence-corrected chi connectivity index (χ0v) is 9.10. The Kier molecular flexibility index (Phi) is 2.48. The molecule has 5 nitrogen and oxygen atoms in total. The predicted molar refractivity (Wildman–Crippen MR) is 58.7 cm³/mol. The highest BCUT2D eigenvalue weighted by molar-refractivity contribution is 5.62. The fraction of sp³-hybridized carbons (Fsp3) is 0.600. The normalized spacial score (nSPS) is 20.3. The van der Waals surface area contributed by atoms with Crippen LogP contribution in [0.2, 0.25) is 0 Å². The number of morpholine rings is 1. The number of nitrogens with zero attached hydrogens (tertiary/aromatic N) is 3. The van der Waals surface area contributed by atoms with E-state index in [4.69, 9.17) is 10.5 Å². The average Bonchev–Trinajstić information content (AvgIpc) is 2.19. The molecule has 0 spiro atoms. The van der Waals surface area contributed by atoms with Crippen molar-refractivity contribution in [2.45, 2.75) is 19.4 Å². The van der Waals surface area contributed by atoms with Crippen LogP contribution >= 0.6 is 0 Å². The number of nitrogens with two attached hydrogens (primary N) is 1. The smallest absolute Gasteiger partial charge is 0.155 e. The second-order valence-corrected chi connectivity index (χ2v) is 4.32. The molecule has 1 aromatic rings. The van der Waals surface area contributed by atoms with Crippen molar-refractivity contribution in [1.82, 2.24) is 9.97 Å². The molecular formula is C10H16N4O.